The van der Waals surface area contributed by atoms with Gasteiger partial charge in [0.15, 0.2) is 0 Å². The van der Waals surface area contributed by atoms with E-state index in [9.17, 15) is 4.79 Å². The fourth-order valence-electron chi connectivity index (χ4n) is 0.843. The van der Waals surface area contributed by atoms with Crippen LogP contribution in [0.5, 0.6) is 5.75 Å². The van der Waals surface area contributed by atoms with Crippen LogP contribution in [0.25, 0.3) is 0 Å². The summed E-state index contributed by atoms with van der Waals surface area (Å²) in [6.07, 6.45) is 0. The highest BCUT2D eigenvalue weighted by atomic mass is 35.5. The summed E-state index contributed by atoms with van der Waals surface area (Å²) in [5.41, 5.74) is 5.65. The molecule has 0 unspecified atom stereocenters. The van der Waals surface area contributed by atoms with Crippen LogP contribution in [0.4, 0.5) is 5.69 Å². The molecule has 6 heteroatoms. The van der Waals surface area contributed by atoms with Crippen LogP contribution >= 0.6 is 11.6 Å². The van der Waals surface area contributed by atoms with E-state index < -0.39 is 5.97 Å². The van der Waals surface area contributed by atoms with Crippen LogP contribution in [0.2, 0.25) is 0 Å². The number of alkyl halides is 1. The summed E-state index contributed by atoms with van der Waals surface area (Å²) < 4.78 is 4.98. The molecule has 0 aliphatic carbocycles. The quantitative estimate of drug-likeness (QED) is 0.590. The molecule has 0 aliphatic rings. The van der Waals surface area contributed by atoms with Gasteiger partial charge < -0.3 is 9.57 Å². The zero-order chi connectivity index (χ0) is 11.1. The van der Waals surface area contributed by atoms with Crippen LogP contribution in [0.1, 0.15) is 0 Å². The number of carbonyl (C=O) groups excluding carboxylic acids is 1. The molecule has 0 saturated heterocycles. The van der Waals surface area contributed by atoms with Crippen molar-refractivity contribution in [2.75, 3.05) is 18.4 Å². The monoisotopic (exact) mass is 230 g/mol. The van der Waals surface area contributed by atoms with Crippen molar-refractivity contribution < 1.29 is 14.4 Å². The minimum absolute atomic E-state index is 0.197. The smallest absolute Gasteiger partial charge is 0.341 e. The lowest BCUT2D eigenvalue weighted by Crippen LogP contribution is -2.26. The summed E-state index contributed by atoms with van der Waals surface area (Å²) in [5.74, 6) is -0.00641. The lowest BCUT2D eigenvalue weighted by molar-refractivity contribution is -0.146. The normalized spacial score (nSPS) is 9.47. The lowest BCUT2D eigenvalue weighted by Gasteiger charge is -2.07. The Morgan fingerprint density at radius 1 is 1.40 bits per heavy atom. The lowest BCUT2D eigenvalue weighted by atomic mass is 10.3. The van der Waals surface area contributed by atoms with E-state index in [1.807, 2.05) is 0 Å². The second-order valence-electron chi connectivity index (χ2n) is 2.56. The van der Waals surface area contributed by atoms with Gasteiger partial charge in [0, 0.05) is 0 Å². The van der Waals surface area contributed by atoms with Crippen molar-refractivity contribution in [3.63, 3.8) is 0 Å². The van der Waals surface area contributed by atoms with Crippen LogP contribution < -0.4 is 15.8 Å². The molecule has 0 saturated carbocycles. The number of hydrogen-bond acceptors (Lipinski definition) is 5. The molecule has 1 aromatic rings. The molecule has 0 fully saturated rings. The number of halogens is 1. The van der Waals surface area contributed by atoms with Gasteiger partial charge in [0.2, 0.25) is 0 Å². The van der Waals surface area contributed by atoms with E-state index in [2.05, 4.69) is 15.9 Å². The van der Waals surface area contributed by atoms with Crippen molar-refractivity contribution in [1.29, 1.82) is 0 Å². The van der Waals surface area contributed by atoms with Gasteiger partial charge in [-0.05, 0) is 24.3 Å². The Kier molecular flexibility index (Phi) is 4.73. The molecule has 0 amide bonds. The van der Waals surface area contributed by atoms with Gasteiger partial charge in [-0.15, -0.1) is 11.6 Å². The van der Waals surface area contributed by atoms with E-state index in [4.69, 9.17) is 16.3 Å². The Labute approximate surface area is 92.2 Å². The molecule has 15 heavy (non-hydrogen) atoms. The number of carbonyl (C=O) groups is 1. The SMILES string of the molecule is COc1ccc(NNOC(=O)CCl)cc1. The fraction of sp³-hybridized carbons (Fsp3) is 0.222. The summed E-state index contributed by atoms with van der Waals surface area (Å²) in [7, 11) is 1.59. The Morgan fingerprint density at radius 3 is 2.60 bits per heavy atom. The van der Waals surface area contributed by atoms with Gasteiger partial charge >= 0.3 is 5.97 Å². The number of hydrogen-bond donors (Lipinski definition) is 2. The standard InChI is InChI=1S/C9H11ClN2O3/c1-14-8-4-2-7(3-5-8)11-12-15-9(13)6-10/h2-5,11-12H,6H2,1H3. The molecule has 1 aromatic carbocycles. The highest BCUT2D eigenvalue weighted by molar-refractivity contribution is 6.26. The van der Waals surface area contributed by atoms with E-state index in [1.165, 1.54) is 0 Å². The number of ether oxygens (including phenoxy) is 1. The van der Waals surface area contributed by atoms with Gasteiger partial charge in [0.05, 0.1) is 12.8 Å². The number of hydrazine groups is 1. The van der Waals surface area contributed by atoms with Crippen LogP contribution in [0, 0.1) is 0 Å². The minimum Gasteiger partial charge on any atom is -0.497 e. The highest BCUT2D eigenvalue weighted by Crippen LogP contribution is 2.13. The van der Waals surface area contributed by atoms with E-state index in [-0.39, 0.29) is 5.88 Å². The number of nitrogens with one attached hydrogen (secondary N) is 2. The van der Waals surface area contributed by atoms with Gasteiger partial charge in [-0.25, -0.2) is 4.79 Å². The third kappa shape index (κ3) is 4.05. The maximum Gasteiger partial charge on any atom is 0.341 e. The number of benzene rings is 1. The molecular weight excluding hydrogens is 220 g/mol. The van der Waals surface area contributed by atoms with Gasteiger partial charge in [0.1, 0.15) is 11.6 Å². The minimum atomic E-state index is -0.558. The summed E-state index contributed by atoms with van der Waals surface area (Å²) in [6, 6.07) is 7.07. The van der Waals surface area contributed by atoms with Crippen molar-refractivity contribution in [1.82, 2.24) is 5.59 Å². The first-order valence-electron chi connectivity index (χ1n) is 4.17. The molecule has 0 atom stereocenters. The molecule has 0 heterocycles. The van der Waals surface area contributed by atoms with Crippen molar-refractivity contribution in [2.45, 2.75) is 0 Å². The van der Waals surface area contributed by atoms with E-state index in [0.29, 0.717) is 0 Å². The molecule has 0 aromatic heterocycles. The first-order chi connectivity index (χ1) is 7.26. The van der Waals surface area contributed by atoms with Crippen molar-refractivity contribution >= 4 is 23.3 Å². The van der Waals surface area contributed by atoms with Crippen molar-refractivity contribution in [2.24, 2.45) is 0 Å². The van der Waals surface area contributed by atoms with Gasteiger partial charge in [-0.3, -0.25) is 5.43 Å². The number of anilines is 1. The molecule has 0 spiro atoms. The predicted molar refractivity (Wildman–Crippen MR) is 56.6 cm³/mol. The largest absolute Gasteiger partial charge is 0.497 e. The summed E-state index contributed by atoms with van der Waals surface area (Å²) >= 11 is 5.21. The van der Waals surface area contributed by atoms with Crippen LogP contribution in [-0.4, -0.2) is 19.0 Å². The van der Waals surface area contributed by atoms with Crippen molar-refractivity contribution in [3.8, 4) is 5.75 Å². The molecule has 5 nitrogen and oxygen atoms in total. The van der Waals surface area contributed by atoms with Gasteiger partial charge in [0.25, 0.3) is 0 Å². The molecule has 2 N–H and O–H groups in total. The fourth-order valence-corrected chi connectivity index (χ4v) is 0.898. The van der Waals surface area contributed by atoms with E-state index in [0.717, 1.165) is 11.4 Å². The molecule has 82 valence electrons. The van der Waals surface area contributed by atoms with E-state index >= 15 is 0 Å². The first-order valence-corrected chi connectivity index (χ1v) is 4.70. The summed E-state index contributed by atoms with van der Waals surface area (Å²) in [6.45, 7) is 0. The second kappa shape index (κ2) is 6.10. The predicted octanol–water partition coefficient (Wildman–Crippen LogP) is 1.31. The Balaban J connectivity index is 2.34. The van der Waals surface area contributed by atoms with Gasteiger partial charge in [-0.1, -0.05) is 5.59 Å². The van der Waals surface area contributed by atoms with Gasteiger partial charge in [-0.2, -0.15) is 0 Å². The third-order valence-electron chi connectivity index (χ3n) is 1.56. The molecular formula is C9H11ClN2O3. The van der Waals surface area contributed by atoms with E-state index in [1.54, 1.807) is 31.4 Å². The highest BCUT2D eigenvalue weighted by Gasteiger charge is 1.98. The Hall–Kier alpha value is -1.46. The van der Waals surface area contributed by atoms with Crippen molar-refractivity contribution in [3.05, 3.63) is 24.3 Å². The Morgan fingerprint density at radius 2 is 2.07 bits per heavy atom. The molecule has 0 aliphatic heterocycles. The van der Waals surface area contributed by atoms with Crippen LogP contribution in [0.15, 0.2) is 24.3 Å². The summed E-state index contributed by atoms with van der Waals surface area (Å²) in [4.78, 5) is 15.1. The first kappa shape index (κ1) is 11.6. The zero-order valence-corrected chi connectivity index (χ0v) is 8.88. The molecule has 0 radical (unpaired) electrons. The third-order valence-corrected chi connectivity index (χ3v) is 1.78. The Bertz CT molecular complexity index is 316. The maximum atomic E-state index is 10.6. The number of methoxy groups -OCH3 is 1. The average Bonchev–Trinajstić information content (AvgIpc) is 2.29. The zero-order valence-electron chi connectivity index (χ0n) is 8.12. The number of rotatable bonds is 5. The summed E-state index contributed by atoms with van der Waals surface area (Å²) in [5, 5.41) is 0. The van der Waals surface area contributed by atoms with Crippen LogP contribution in [0.3, 0.4) is 0 Å². The molecule has 1 rings (SSSR count). The maximum absolute atomic E-state index is 10.6. The average molecular weight is 231 g/mol. The molecule has 0 bridgehead atoms. The second-order valence-corrected chi connectivity index (χ2v) is 2.83. The van der Waals surface area contributed by atoms with Crippen LogP contribution in [-0.2, 0) is 9.63 Å². The topological polar surface area (TPSA) is 59.6 Å².